The lowest BCUT2D eigenvalue weighted by molar-refractivity contribution is 0.0797. The topological polar surface area (TPSA) is 62.1 Å². The van der Waals surface area contributed by atoms with Crippen molar-refractivity contribution in [3.63, 3.8) is 0 Å². The molecule has 1 amide bonds. The van der Waals surface area contributed by atoms with Crippen LogP contribution in [-0.2, 0) is 6.42 Å². The van der Waals surface area contributed by atoms with Crippen molar-refractivity contribution in [3.05, 3.63) is 77.6 Å². The first kappa shape index (κ1) is 17.1. The molecule has 5 heteroatoms. The van der Waals surface area contributed by atoms with Crippen molar-refractivity contribution in [2.45, 2.75) is 13.3 Å². The minimum Gasteiger partial charge on any atom is -0.361 e. The lowest BCUT2D eigenvalue weighted by Gasteiger charge is -2.16. The Morgan fingerprint density at radius 1 is 1.15 bits per heavy atom. The number of nitrogens with one attached hydrogen (secondary N) is 1. The molecule has 0 atom stereocenters. The predicted octanol–water partition coefficient (Wildman–Crippen LogP) is 4.45. The molecule has 0 aliphatic heterocycles. The number of aryl methyl sites for hydroxylation is 1. The van der Waals surface area contributed by atoms with E-state index in [0.717, 1.165) is 23.1 Å². The molecule has 0 saturated carbocycles. The number of amides is 1. The number of rotatable bonds is 5. The Hall–Kier alpha value is -3.34. The van der Waals surface area contributed by atoms with Crippen LogP contribution in [-0.4, -0.2) is 34.5 Å². The molecule has 4 aromatic rings. The Morgan fingerprint density at radius 3 is 2.74 bits per heavy atom. The maximum atomic E-state index is 12.9. The third-order valence-corrected chi connectivity index (χ3v) is 4.85. The third-order valence-electron chi connectivity index (χ3n) is 4.85. The highest BCUT2D eigenvalue weighted by Crippen LogP contribution is 2.25. The Labute approximate surface area is 157 Å². The van der Waals surface area contributed by atoms with Gasteiger partial charge in [0.05, 0.1) is 6.20 Å². The zero-order valence-corrected chi connectivity index (χ0v) is 15.4. The molecule has 4 rings (SSSR count). The molecule has 1 N–H and O–H groups in total. The number of aromatic nitrogens is 2. The van der Waals surface area contributed by atoms with Gasteiger partial charge in [-0.05, 0) is 25.0 Å². The van der Waals surface area contributed by atoms with E-state index in [4.69, 9.17) is 4.52 Å². The van der Waals surface area contributed by atoms with Gasteiger partial charge in [-0.3, -0.25) is 4.79 Å². The summed E-state index contributed by atoms with van der Waals surface area (Å²) in [5.74, 6) is 0.422. The Kier molecular flexibility index (Phi) is 4.50. The summed E-state index contributed by atoms with van der Waals surface area (Å²) in [6.45, 7) is 2.63. The average molecular weight is 359 g/mol. The van der Waals surface area contributed by atoms with Crippen molar-refractivity contribution >= 4 is 16.8 Å². The zero-order valence-electron chi connectivity index (χ0n) is 15.4. The van der Waals surface area contributed by atoms with Crippen LogP contribution in [0, 0.1) is 6.92 Å². The van der Waals surface area contributed by atoms with Crippen LogP contribution in [0.1, 0.15) is 21.5 Å². The van der Waals surface area contributed by atoms with Crippen molar-refractivity contribution in [2.75, 3.05) is 13.6 Å². The maximum absolute atomic E-state index is 12.9. The third kappa shape index (κ3) is 3.36. The Bertz CT molecular complexity index is 1080. The Balaban J connectivity index is 1.50. The summed E-state index contributed by atoms with van der Waals surface area (Å²) in [6, 6.07) is 16.1. The van der Waals surface area contributed by atoms with Crippen molar-refractivity contribution in [3.8, 4) is 11.3 Å². The summed E-state index contributed by atoms with van der Waals surface area (Å²) >= 11 is 0. The molecule has 27 heavy (non-hydrogen) atoms. The van der Waals surface area contributed by atoms with Crippen LogP contribution in [0.2, 0.25) is 0 Å². The van der Waals surface area contributed by atoms with E-state index in [1.54, 1.807) is 4.90 Å². The summed E-state index contributed by atoms with van der Waals surface area (Å²) in [5, 5.41) is 5.05. The monoisotopic (exact) mass is 359 g/mol. The standard InChI is InChI=1S/C22H21N3O2/c1-15-7-9-16(10-8-15)21-19(14-24-27-21)22(26)25(2)12-11-17-13-23-20-6-4-3-5-18(17)20/h3-10,13-14,23H,11-12H2,1-2H3. The minimum absolute atomic E-state index is 0.0910. The van der Waals surface area contributed by atoms with Crippen molar-refractivity contribution < 1.29 is 9.32 Å². The molecular formula is C22H21N3O2. The van der Waals surface area contributed by atoms with Gasteiger partial charge in [-0.15, -0.1) is 0 Å². The normalized spacial score (nSPS) is 11.0. The molecular weight excluding hydrogens is 338 g/mol. The van der Waals surface area contributed by atoms with E-state index in [2.05, 4.69) is 22.3 Å². The second kappa shape index (κ2) is 7.11. The molecule has 0 saturated heterocycles. The highest BCUT2D eigenvalue weighted by Gasteiger charge is 2.21. The molecule has 0 radical (unpaired) electrons. The number of H-pyrrole nitrogens is 1. The van der Waals surface area contributed by atoms with Gasteiger partial charge < -0.3 is 14.4 Å². The number of aromatic amines is 1. The number of likely N-dealkylation sites (N-methyl/N-ethyl adjacent to an activating group) is 1. The molecule has 0 fully saturated rings. The van der Waals surface area contributed by atoms with E-state index in [1.807, 2.05) is 56.6 Å². The molecule has 5 nitrogen and oxygen atoms in total. The van der Waals surface area contributed by atoms with E-state index >= 15 is 0 Å². The van der Waals surface area contributed by atoms with Gasteiger partial charge in [0.1, 0.15) is 5.56 Å². The lowest BCUT2D eigenvalue weighted by Crippen LogP contribution is -2.28. The van der Waals surface area contributed by atoms with Crippen LogP contribution in [0.4, 0.5) is 0 Å². The largest absolute Gasteiger partial charge is 0.361 e. The molecule has 0 aliphatic rings. The SMILES string of the molecule is Cc1ccc(-c2oncc2C(=O)N(C)CCc2c[nH]c3ccccc23)cc1. The van der Waals surface area contributed by atoms with Crippen LogP contribution in [0.25, 0.3) is 22.2 Å². The number of carbonyl (C=O) groups is 1. The predicted molar refractivity (Wildman–Crippen MR) is 106 cm³/mol. The fraction of sp³-hybridized carbons (Fsp3) is 0.182. The molecule has 0 unspecified atom stereocenters. The molecule has 2 heterocycles. The first-order valence-electron chi connectivity index (χ1n) is 8.95. The van der Waals surface area contributed by atoms with E-state index in [1.165, 1.54) is 17.1 Å². The maximum Gasteiger partial charge on any atom is 0.259 e. The zero-order chi connectivity index (χ0) is 18.8. The van der Waals surface area contributed by atoms with Crippen LogP contribution < -0.4 is 0 Å². The molecule has 136 valence electrons. The van der Waals surface area contributed by atoms with Crippen LogP contribution >= 0.6 is 0 Å². The van der Waals surface area contributed by atoms with Gasteiger partial charge >= 0.3 is 0 Å². The highest BCUT2D eigenvalue weighted by atomic mass is 16.5. The van der Waals surface area contributed by atoms with Gasteiger partial charge in [0.2, 0.25) is 0 Å². The fourth-order valence-electron chi connectivity index (χ4n) is 3.24. The van der Waals surface area contributed by atoms with Crippen molar-refractivity contribution in [1.29, 1.82) is 0 Å². The number of fused-ring (bicyclic) bond motifs is 1. The molecule has 0 bridgehead atoms. The number of benzene rings is 2. The van der Waals surface area contributed by atoms with Crippen LogP contribution in [0.3, 0.4) is 0 Å². The quantitative estimate of drug-likeness (QED) is 0.573. The summed E-state index contributed by atoms with van der Waals surface area (Å²) in [6.07, 6.45) is 4.29. The summed E-state index contributed by atoms with van der Waals surface area (Å²) in [5.41, 5.74) is 4.81. The van der Waals surface area contributed by atoms with Gasteiger partial charge in [-0.1, -0.05) is 53.2 Å². The van der Waals surface area contributed by atoms with Gasteiger partial charge in [0.25, 0.3) is 5.91 Å². The molecule has 0 aliphatic carbocycles. The van der Waals surface area contributed by atoms with E-state index in [-0.39, 0.29) is 5.91 Å². The van der Waals surface area contributed by atoms with E-state index < -0.39 is 0 Å². The van der Waals surface area contributed by atoms with Crippen molar-refractivity contribution in [2.24, 2.45) is 0 Å². The first-order chi connectivity index (χ1) is 13.1. The number of carbonyl (C=O) groups excluding carboxylic acids is 1. The van der Waals surface area contributed by atoms with Crippen LogP contribution in [0.15, 0.2) is 65.4 Å². The molecule has 0 spiro atoms. The summed E-state index contributed by atoms with van der Waals surface area (Å²) in [7, 11) is 1.81. The van der Waals surface area contributed by atoms with Crippen LogP contribution in [0.5, 0.6) is 0 Å². The van der Waals surface area contributed by atoms with Gasteiger partial charge in [-0.2, -0.15) is 0 Å². The van der Waals surface area contributed by atoms with Crippen molar-refractivity contribution in [1.82, 2.24) is 15.0 Å². The van der Waals surface area contributed by atoms with Gasteiger partial charge in [0, 0.05) is 36.3 Å². The van der Waals surface area contributed by atoms with E-state index in [9.17, 15) is 4.79 Å². The lowest BCUT2D eigenvalue weighted by atomic mass is 10.1. The second-order valence-corrected chi connectivity index (χ2v) is 6.77. The highest BCUT2D eigenvalue weighted by molar-refractivity contribution is 5.99. The second-order valence-electron chi connectivity index (χ2n) is 6.77. The summed E-state index contributed by atoms with van der Waals surface area (Å²) < 4.78 is 5.37. The smallest absolute Gasteiger partial charge is 0.259 e. The van der Waals surface area contributed by atoms with E-state index in [0.29, 0.717) is 17.9 Å². The Morgan fingerprint density at radius 2 is 1.93 bits per heavy atom. The summed E-state index contributed by atoms with van der Waals surface area (Å²) in [4.78, 5) is 17.9. The van der Waals surface area contributed by atoms with Gasteiger partial charge in [0.15, 0.2) is 5.76 Å². The number of nitrogens with zero attached hydrogens (tertiary/aromatic N) is 2. The number of hydrogen-bond donors (Lipinski definition) is 1. The minimum atomic E-state index is -0.0910. The fourth-order valence-corrected chi connectivity index (χ4v) is 3.24. The van der Waals surface area contributed by atoms with Gasteiger partial charge in [-0.25, -0.2) is 0 Å². The average Bonchev–Trinajstić information content (AvgIpc) is 3.33. The number of para-hydroxylation sites is 1. The molecule has 2 aromatic heterocycles. The molecule has 2 aromatic carbocycles. The first-order valence-corrected chi connectivity index (χ1v) is 8.95. The number of hydrogen-bond acceptors (Lipinski definition) is 3.